The first-order valence-electron chi connectivity index (χ1n) is 13.7. The third kappa shape index (κ3) is 5.04. The molecule has 4 rings (SSSR count). The number of aryl methyl sites for hydroxylation is 2. The molecule has 0 spiro atoms. The molecule has 0 bridgehead atoms. The van der Waals surface area contributed by atoms with E-state index in [0.29, 0.717) is 6.79 Å². The van der Waals surface area contributed by atoms with E-state index < -0.39 is 0 Å². The van der Waals surface area contributed by atoms with E-state index in [1.165, 1.54) is 39.2 Å². The second-order valence-corrected chi connectivity index (χ2v) is 9.36. The Hall–Kier alpha value is -3.14. The van der Waals surface area contributed by atoms with Crippen LogP contribution in [-0.2, 0) is 12.8 Å². The van der Waals surface area contributed by atoms with Crippen molar-refractivity contribution < 1.29 is 9.47 Å². The van der Waals surface area contributed by atoms with E-state index in [0.717, 1.165) is 50.5 Å². The lowest BCUT2D eigenvalue weighted by Crippen LogP contribution is -2.22. The molecule has 4 nitrogen and oxygen atoms in total. The summed E-state index contributed by atoms with van der Waals surface area (Å²) in [5.74, 6) is 1.80. The number of hydrogen-bond acceptors (Lipinski definition) is 4. The molecule has 0 amide bonds. The van der Waals surface area contributed by atoms with Gasteiger partial charge in [0.1, 0.15) is 0 Å². The number of ether oxygens (including phenoxy) is 2. The summed E-state index contributed by atoms with van der Waals surface area (Å²) in [4.78, 5) is 4.85. The third-order valence-corrected chi connectivity index (χ3v) is 7.62. The summed E-state index contributed by atoms with van der Waals surface area (Å²) in [6, 6.07) is 20.6. The SMILES string of the molecule is CCc1cc(N(CC)CC)ccc1C(c1ccc2c(c1)OCO2)c1ccc(N(CC)CC)cc1CC. The fraction of sp³-hybridized carbons (Fsp3) is 0.438. The van der Waals surface area contributed by atoms with E-state index in [1.807, 2.05) is 0 Å². The molecule has 4 heteroatoms. The van der Waals surface area contributed by atoms with Crippen LogP contribution in [0.5, 0.6) is 11.5 Å². The van der Waals surface area contributed by atoms with Gasteiger partial charge in [0.15, 0.2) is 11.5 Å². The number of hydrogen-bond donors (Lipinski definition) is 0. The molecule has 0 unspecified atom stereocenters. The molecule has 0 aromatic heterocycles. The second kappa shape index (κ2) is 11.7. The molecule has 3 aromatic carbocycles. The van der Waals surface area contributed by atoms with Gasteiger partial charge in [-0.1, -0.05) is 32.0 Å². The van der Waals surface area contributed by atoms with Crippen molar-refractivity contribution in [1.82, 2.24) is 0 Å². The van der Waals surface area contributed by atoms with Gasteiger partial charge in [-0.15, -0.1) is 0 Å². The Morgan fingerprint density at radius 3 is 1.58 bits per heavy atom. The molecule has 192 valence electrons. The van der Waals surface area contributed by atoms with E-state index in [4.69, 9.17) is 9.47 Å². The molecular weight excluding hydrogens is 444 g/mol. The Balaban J connectivity index is 1.90. The molecule has 1 aliphatic heterocycles. The van der Waals surface area contributed by atoms with E-state index in [2.05, 4.69) is 106 Å². The summed E-state index contributed by atoms with van der Waals surface area (Å²) < 4.78 is 11.4. The quantitative estimate of drug-likeness (QED) is 0.263. The number of anilines is 2. The normalized spacial score (nSPS) is 12.3. The lowest BCUT2D eigenvalue weighted by molar-refractivity contribution is 0.174. The van der Waals surface area contributed by atoms with Crippen LogP contribution >= 0.6 is 0 Å². The predicted octanol–water partition coefficient (Wildman–Crippen LogP) is 7.41. The average Bonchev–Trinajstić information content (AvgIpc) is 3.39. The lowest BCUT2D eigenvalue weighted by Gasteiger charge is -2.28. The topological polar surface area (TPSA) is 24.9 Å². The first-order chi connectivity index (χ1) is 17.6. The van der Waals surface area contributed by atoms with Crippen molar-refractivity contribution in [2.24, 2.45) is 0 Å². The smallest absolute Gasteiger partial charge is 0.231 e. The van der Waals surface area contributed by atoms with Crippen LogP contribution in [-0.4, -0.2) is 33.0 Å². The zero-order valence-corrected chi connectivity index (χ0v) is 22.9. The Morgan fingerprint density at radius 1 is 0.611 bits per heavy atom. The number of rotatable bonds is 11. The highest BCUT2D eigenvalue weighted by atomic mass is 16.7. The van der Waals surface area contributed by atoms with Crippen LogP contribution in [0.4, 0.5) is 11.4 Å². The van der Waals surface area contributed by atoms with Crippen molar-refractivity contribution >= 4 is 11.4 Å². The molecule has 0 atom stereocenters. The minimum atomic E-state index is 0.126. The third-order valence-electron chi connectivity index (χ3n) is 7.62. The molecule has 0 saturated heterocycles. The average molecular weight is 487 g/mol. The van der Waals surface area contributed by atoms with Gasteiger partial charge in [-0.2, -0.15) is 0 Å². The lowest BCUT2D eigenvalue weighted by atomic mass is 9.79. The zero-order chi connectivity index (χ0) is 25.7. The summed E-state index contributed by atoms with van der Waals surface area (Å²) in [7, 11) is 0. The van der Waals surface area contributed by atoms with Crippen LogP contribution in [0.2, 0.25) is 0 Å². The van der Waals surface area contributed by atoms with Crippen molar-refractivity contribution in [3.63, 3.8) is 0 Å². The van der Waals surface area contributed by atoms with Gasteiger partial charge < -0.3 is 19.3 Å². The molecule has 0 fully saturated rings. The maximum Gasteiger partial charge on any atom is 0.231 e. The molecule has 0 aliphatic carbocycles. The summed E-state index contributed by atoms with van der Waals surface area (Å²) in [5.41, 5.74) is 9.40. The molecule has 3 aromatic rings. The van der Waals surface area contributed by atoms with Crippen molar-refractivity contribution in [3.8, 4) is 11.5 Å². The summed E-state index contributed by atoms with van der Waals surface area (Å²) in [5, 5.41) is 0. The van der Waals surface area contributed by atoms with E-state index >= 15 is 0 Å². The molecule has 0 saturated carbocycles. The van der Waals surface area contributed by atoms with Gasteiger partial charge >= 0.3 is 0 Å². The van der Waals surface area contributed by atoms with Gasteiger partial charge in [0, 0.05) is 43.5 Å². The predicted molar refractivity (Wildman–Crippen MR) is 152 cm³/mol. The zero-order valence-electron chi connectivity index (χ0n) is 22.9. The van der Waals surface area contributed by atoms with Crippen molar-refractivity contribution in [2.75, 3.05) is 42.8 Å². The fourth-order valence-corrected chi connectivity index (χ4v) is 5.55. The number of benzene rings is 3. The van der Waals surface area contributed by atoms with Gasteiger partial charge in [0.25, 0.3) is 0 Å². The highest BCUT2D eigenvalue weighted by molar-refractivity contribution is 5.60. The number of nitrogens with zero attached hydrogens (tertiary/aromatic N) is 2. The van der Waals surface area contributed by atoms with Crippen molar-refractivity contribution in [2.45, 2.75) is 60.3 Å². The summed E-state index contributed by atoms with van der Waals surface area (Å²) >= 11 is 0. The molecular formula is C32H42N2O2. The van der Waals surface area contributed by atoms with Crippen molar-refractivity contribution in [3.05, 3.63) is 82.4 Å². The molecule has 0 N–H and O–H groups in total. The van der Waals surface area contributed by atoms with Crippen LogP contribution in [0.25, 0.3) is 0 Å². The maximum absolute atomic E-state index is 5.80. The molecule has 36 heavy (non-hydrogen) atoms. The monoisotopic (exact) mass is 486 g/mol. The van der Waals surface area contributed by atoms with Crippen LogP contribution in [0.3, 0.4) is 0 Å². The highest BCUT2D eigenvalue weighted by Gasteiger charge is 2.25. The van der Waals surface area contributed by atoms with E-state index in [-0.39, 0.29) is 5.92 Å². The maximum atomic E-state index is 5.80. The van der Waals surface area contributed by atoms with Gasteiger partial charge in [-0.05, 0) is 105 Å². The summed E-state index contributed by atoms with van der Waals surface area (Å²) in [6.45, 7) is 17.8. The van der Waals surface area contributed by atoms with E-state index in [1.54, 1.807) is 0 Å². The second-order valence-electron chi connectivity index (χ2n) is 9.36. The highest BCUT2D eigenvalue weighted by Crippen LogP contribution is 2.42. The molecule has 0 radical (unpaired) electrons. The van der Waals surface area contributed by atoms with Crippen LogP contribution in [0.15, 0.2) is 54.6 Å². The van der Waals surface area contributed by atoms with Gasteiger partial charge in [-0.25, -0.2) is 0 Å². The Labute approximate surface area is 217 Å². The van der Waals surface area contributed by atoms with Crippen LogP contribution in [0, 0.1) is 0 Å². The van der Waals surface area contributed by atoms with Crippen LogP contribution < -0.4 is 19.3 Å². The molecule has 1 aliphatic rings. The Bertz CT molecular complexity index is 1100. The summed E-state index contributed by atoms with van der Waals surface area (Å²) in [6.07, 6.45) is 1.98. The largest absolute Gasteiger partial charge is 0.454 e. The van der Waals surface area contributed by atoms with E-state index in [9.17, 15) is 0 Å². The molecule has 1 heterocycles. The first kappa shape index (κ1) is 25.9. The fourth-order valence-electron chi connectivity index (χ4n) is 5.55. The van der Waals surface area contributed by atoms with Crippen LogP contribution in [0.1, 0.15) is 75.3 Å². The van der Waals surface area contributed by atoms with Gasteiger partial charge in [0.2, 0.25) is 6.79 Å². The number of fused-ring (bicyclic) bond motifs is 1. The Kier molecular flexibility index (Phi) is 8.45. The van der Waals surface area contributed by atoms with Gasteiger partial charge in [0.05, 0.1) is 0 Å². The first-order valence-corrected chi connectivity index (χ1v) is 13.7. The van der Waals surface area contributed by atoms with Gasteiger partial charge in [-0.3, -0.25) is 0 Å². The Morgan fingerprint density at radius 2 is 1.11 bits per heavy atom. The minimum Gasteiger partial charge on any atom is -0.454 e. The minimum absolute atomic E-state index is 0.126. The standard InChI is InChI=1S/C32H42N2O2/c1-7-23-19-26(33(9-3)10-4)14-16-28(23)32(25-13-18-30-31(21-25)36-22-35-30)29-17-15-27(20-24(29)8-2)34(11-5)12-6/h13-21,32H,7-12,22H2,1-6H3. The van der Waals surface area contributed by atoms with Crippen molar-refractivity contribution in [1.29, 1.82) is 0 Å².